The van der Waals surface area contributed by atoms with Crippen LogP contribution in [-0.2, 0) is 4.79 Å². The van der Waals surface area contributed by atoms with E-state index in [0.717, 1.165) is 19.9 Å². The number of nitrogens with one attached hydrogen (secondary N) is 2. The largest absolute Gasteiger partial charge is 0.406 e. The average Bonchev–Trinajstić information content (AvgIpc) is 2.41. The Morgan fingerprint density at radius 2 is 1.79 bits per heavy atom. The molecule has 1 fully saturated rings. The molecule has 1 rings (SSSR count). The van der Waals surface area contributed by atoms with E-state index in [0.29, 0.717) is 29.2 Å². The number of nitrogens with zero attached hydrogens (tertiary/aromatic N) is 2. The summed E-state index contributed by atoms with van der Waals surface area (Å²) >= 11 is 0. The van der Waals surface area contributed by atoms with E-state index < -0.39 is 18.6 Å². The lowest BCUT2D eigenvalue weighted by Gasteiger charge is -2.32. The molecular formula is C16H29F3N4O. The van der Waals surface area contributed by atoms with Gasteiger partial charge >= 0.3 is 6.18 Å². The van der Waals surface area contributed by atoms with Crippen molar-refractivity contribution >= 4 is 11.9 Å². The fraction of sp³-hybridized carbons (Fsp3) is 0.875. The molecule has 5 nitrogen and oxygen atoms in total. The van der Waals surface area contributed by atoms with Gasteiger partial charge in [0.15, 0.2) is 5.96 Å². The van der Waals surface area contributed by atoms with Gasteiger partial charge in [-0.25, -0.2) is 4.99 Å². The molecule has 24 heavy (non-hydrogen) atoms. The molecule has 1 aliphatic carbocycles. The van der Waals surface area contributed by atoms with Gasteiger partial charge in [-0.1, -0.05) is 13.8 Å². The summed E-state index contributed by atoms with van der Waals surface area (Å²) in [6.07, 6.45) is -1.15. The van der Waals surface area contributed by atoms with Crippen LogP contribution in [0.2, 0.25) is 0 Å². The maximum absolute atomic E-state index is 12.3. The zero-order valence-corrected chi connectivity index (χ0v) is 14.9. The zero-order chi connectivity index (χ0) is 18.3. The van der Waals surface area contributed by atoms with Gasteiger partial charge in [0.25, 0.3) is 0 Å². The average molecular weight is 350 g/mol. The van der Waals surface area contributed by atoms with Crippen LogP contribution in [0.1, 0.15) is 40.0 Å². The Labute approximate surface area is 142 Å². The highest BCUT2D eigenvalue weighted by Gasteiger charge is 2.31. The van der Waals surface area contributed by atoms with Gasteiger partial charge < -0.3 is 15.5 Å². The number of hydrogen-bond donors (Lipinski definition) is 2. The summed E-state index contributed by atoms with van der Waals surface area (Å²) in [5.74, 6) is 1.06. The highest BCUT2D eigenvalue weighted by molar-refractivity contribution is 5.85. The minimum Gasteiger partial charge on any atom is -0.357 e. The lowest BCUT2D eigenvalue weighted by molar-refractivity contribution is -0.157. The number of alkyl halides is 3. The molecule has 0 aromatic heterocycles. The monoisotopic (exact) mass is 350 g/mol. The first-order chi connectivity index (χ1) is 11.1. The summed E-state index contributed by atoms with van der Waals surface area (Å²) in [5, 5.41) is 6.35. The smallest absolute Gasteiger partial charge is 0.357 e. The summed E-state index contributed by atoms with van der Waals surface area (Å²) < 4.78 is 36.9. The maximum atomic E-state index is 12.3. The van der Waals surface area contributed by atoms with Gasteiger partial charge in [0.1, 0.15) is 13.1 Å². The van der Waals surface area contributed by atoms with Gasteiger partial charge in [-0.2, -0.15) is 13.2 Å². The molecule has 2 atom stereocenters. The van der Waals surface area contributed by atoms with E-state index in [1.54, 1.807) is 0 Å². The molecule has 140 valence electrons. The Balaban J connectivity index is 2.60. The van der Waals surface area contributed by atoms with Crippen molar-refractivity contribution in [3.05, 3.63) is 0 Å². The molecule has 8 heteroatoms. The van der Waals surface area contributed by atoms with Gasteiger partial charge in [-0.15, -0.1) is 0 Å². The first-order valence-corrected chi connectivity index (χ1v) is 8.46. The van der Waals surface area contributed by atoms with Crippen LogP contribution in [0.4, 0.5) is 13.2 Å². The van der Waals surface area contributed by atoms with Crippen molar-refractivity contribution in [2.24, 2.45) is 16.8 Å². The molecule has 0 aromatic carbocycles. The highest BCUT2D eigenvalue weighted by atomic mass is 19.4. The molecule has 1 amide bonds. The van der Waals surface area contributed by atoms with Crippen LogP contribution in [0.5, 0.6) is 0 Å². The van der Waals surface area contributed by atoms with E-state index in [2.05, 4.69) is 29.5 Å². The van der Waals surface area contributed by atoms with Crippen molar-refractivity contribution in [1.82, 2.24) is 15.5 Å². The summed E-state index contributed by atoms with van der Waals surface area (Å²) in [6.45, 7) is 5.38. The third kappa shape index (κ3) is 7.88. The Kier molecular flexibility index (Phi) is 7.83. The number of hydrogen-bond acceptors (Lipinski definition) is 2. The molecular weight excluding hydrogens is 321 g/mol. The Morgan fingerprint density at radius 3 is 2.29 bits per heavy atom. The number of likely N-dealkylation sites (N-methyl/N-ethyl adjacent to an activating group) is 1. The molecule has 0 bridgehead atoms. The lowest BCUT2D eigenvalue weighted by Crippen LogP contribution is -2.46. The minimum atomic E-state index is -4.40. The van der Waals surface area contributed by atoms with E-state index in [-0.39, 0.29) is 12.6 Å². The quantitative estimate of drug-likeness (QED) is 0.591. The Morgan fingerprint density at radius 1 is 1.21 bits per heavy atom. The molecule has 0 heterocycles. The SMILES string of the molecule is CCNC(=NCC(=O)N(C)CC(F)(F)F)NC1CC(C)CC(C)C1. The number of rotatable bonds is 5. The summed E-state index contributed by atoms with van der Waals surface area (Å²) in [7, 11) is 1.14. The molecule has 0 radical (unpaired) electrons. The van der Waals surface area contributed by atoms with Gasteiger partial charge in [0.2, 0.25) is 5.91 Å². The number of carbonyl (C=O) groups excluding carboxylic acids is 1. The number of halogens is 3. The molecule has 2 N–H and O–H groups in total. The second-order valence-corrected chi connectivity index (χ2v) is 6.82. The van der Waals surface area contributed by atoms with Gasteiger partial charge in [0.05, 0.1) is 0 Å². The normalized spacial score (nSPS) is 25.3. The van der Waals surface area contributed by atoms with E-state index in [9.17, 15) is 18.0 Å². The Hall–Kier alpha value is -1.47. The molecule has 0 saturated heterocycles. The third-order valence-corrected chi connectivity index (χ3v) is 4.08. The van der Waals surface area contributed by atoms with Crippen LogP contribution in [0.15, 0.2) is 4.99 Å². The number of guanidine groups is 1. The fourth-order valence-electron chi connectivity index (χ4n) is 3.20. The zero-order valence-electron chi connectivity index (χ0n) is 14.9. The number of aliphatic imine (C=N–C) groups is 1. The van der Waals surface area contributed by atoms with E-state index in [1.807, 2.05) is 6.92 Å². The predicted octanol–water partition coefficient (Wildman–Crippen LogP) is 2.39. The summed E-state index contributed by atoms with van der Waals surface area (Å²) in [6, 6.07) is 0.268. The van der Waals surface area contributed by atoms with Gasteiger partial charge in [-0.3, -0.25) is 4.79 Å². The molecule has 0 aliphatic heterocycles. The summed E-state index contributed by atoms with van der Waals surface area (Å²) in [5.41, 5.74) is 0. The molecule has 1 aliphatic rings. The minimum absolute atomic E-state index is 0.268. The van der Waals surface area contributed by atoms with E-state index in [1.165, 1.54) is 6.42 Å². The number of carbonyl (C=O) groups is 1. The van der Waals surface area contributed by atoms with Crippen molar-refractivity contribution in [2.45, 2.75) is 52.3 Å². The Bertz CT molecular complexity index is 430. The standard InChI is InChI=1S/C16H29F3N4O/c1-5-20-15(22-13-7-11(2)6-12(3)8-13)21-9-14(24)23(4)10-16(17,18)19/h11-13H,5-10H2,1-4H3,(H2,20,21,22). The van der Waals surface area contributed by atoms with Crippen molar-refractivity contribution in [2.75, 3.05) is 26.7 Å². The topological polar surface area (TPSA) is 56.7 Å². The molecule has 0 aromatic rings. The second-order valence-electron chi connectivity index (χ2n) is 6.82. The van der Waals surface area contributed by atoms with Crippen LogP contribution >= 0.6 is 0 Å². The van der Waals surface area contributed by atoms with Crippen LogP contribution in [0.25, 0.3) is 0 Å². The summed E-state index contributed by atoms with van der Waals surface area (Å²) in [4.78, 5) is 16.6. The van der Waals surface area contributed by atoms with Gasteiger partial charge in [0, 0.05) is 19.6 Å². The van der Waals surface area contributed by atoms with Crippen LogP contribution < -0.4 is 10.6 Å². The lowest BCUT2D eigenvalue weighted by atomic mass is 9.80. The van der Waals surface area contributed by atoms with Crippen molar-refractivity contribution < 1.29 is 18.0 Å². The maximum Gasteiger partial charge on any atom is 0.406 e. The fourth-order valence-corrected chi connectivity index (χ4v) is 3.20. The van der Waals surface area contributed by atoms with Crippen molar-refractivity contribution in [3.8, 4) is 0 Å². The van der Waals surface area contributed by atoms with E-state index >= 15 is 0 Å². The van der Waals surface area contributed by atoms with Crippen molar-refractivity contribution in [3.63, 3.8) is 0 Å². The molecule has 2 unspecified atom stereocenters. The van der Waals surface area contributed by atoms with Crippen LogP contribution in [0.3, 0.4) is 0 Å². The molecule has 1 saturated carbocycles. The van der Waals surface area contributed by atoms with E-state index in [4.69, 9.17) is 0 Å². The molecule has 0 spiro atoms. The number of amides is 1. The van der Waals surface area contributed by atoms with Crippen LogP contribution in [-0.4, -0.2) is 55.7 Å². The predicted molar refractivity (Wildman–Crippen MR) is 88.8 cm³/mol. The first-order valence-electron chi connectivity index (χ1n) is 8.46. The van der Waals surface area contributed by atoms with Crippen LogP contribution in [0, 0.1) is 11.8 Å². The van der Waals surface area contributed by atoms with Crippen molar-refractivity contribution in [1.29, 1.82) is 0 Å². The van der Waals surface area contributed by atoms with Gasteiger partial charge in [-0.05, 0) is 38.0 Å². The second kappa shape index (κ2) is 9.13. The third-order valence-electron chi connectivity index (χ3n) is 4.08. The highest BCUT2D eigenvalue weighted by Crippen LogP contribution is 2.28. The first kappa shape index (κ1) is 20.6.